The molecule has 3 unspecified atom stereocenters. The van der Waals surface area contributed by atoms with Crippen LogP contribution in [0.15, 0.2) is 24.3 Å². The Balaban J connectivity index is 1.87. The zero-order valence-electron chi connectivity index (χ0n) is 12.3. The highest BCUT2D eigenvalue weighted by Gasteiger charge is 2.43. The van der Waals surface area contributed by atoms with E-state index in [-0.39, 0.29) is 12.2 Å². The highest BCUT2D eigenvalue weighted by molar-refractivity contribution is 5.31. The molecule has 1 N–H and O–H groups in total. The zero-order valence-corrected chi connectivity index (χ0v) is 12.3. The average Bonchev–Trinajstić information content (AvgIpc) is 2.48. The van der Waals surface area contributed by atoms with E-state index >= 15 is 0 Å². The Kier molecular flexibility index (Phi) is 5.64. The van der Waals surface area contributed by atoms with Crippen molar-refractivity contribution in [2.24, 2.45) is 0 Å². The van der Waals surface area contributed by atoms with E-state index in [0.717, 1.165) is 17.9 Å². The van der Waals surface area contributed by atoms with Gasteiger partial charge in [0.15, 0.2) is 0 Å². The van der Waals surface area contributed by atoms with Crippen molar-refractivity contribution in [1.82, 2.24) is 5.32 Å². The molecular weight excluding hydrogens is 258 g/mol. The van der Waals surface area contributed by atoms with Gasteiger partial charge in [-0.05, 0) is 31.3 Å². The number of hydrogen-bond donors (Lipinski definition) is 1. The summed E-state index contributed by atoms with van der Waals surface area (Å²) in [6.45, 7) is 1.18. The second kappa shape index (κ2) is 7.47. The topological polar surface area (TPSA) is 49.0 Å². The summed E-state index contributed by atoms with van der Waals surface area (Å²) >= 11 is 0. The van der Waals surface area contributed by atoms with Crippen molar-refractivity contribution in [3.63, 3.8) is 0 Å². The third-order valence-corrected chi connectivity index (χ3v) is 3.56. The number of ether oxygens (including phenoxy) is 4. The van der Waals surface area contributed by atoms with Gasteiger partial charge in [0, 0.05) is 19.6 Å². The molecule has 0 spiro atoms. The molecule has 5 heteroatoms. The summed E-state index contributed by atoms with van der Waals surface area (Å²) in [5.41, 5.74) is 0. The molecule has 112 valence electrons. The summed E-state index contributed by atoms with van der Waals surface area (Å²) in [7, 11) is 5.27. The van der Waals surface area contributed by atoms with Gasteiger partial charge in [-0.3, -0.25) is 0 Å². The molecule has 0 heterocycles. The molecule has 1 aromatic carbocycles. The Morgan fingerprint density at radius 3 is 2.40 bits per heavy atom. The molecule has 0 aromatic heterocycles. The standard InChI is InChI=1S/C15H23NO4/c1-16-13-10-14(15(13)19-9-8-17-2)20-12-6-4-11(18-3)5-7-12/h4-7,13-16H,8-10H2,1-3H3. The third kappa shape index (κ3) is 3.62. The lowest BCUT2D eigenvalue weighted by Gasteiger charge is -2.43. The maximum atomic E-state index is 5.96. The zero-order chi connectivity index (χ0) is 14.4. The van der Waals surface area contributed by atoms with Gasteiger partial charge in [0.1, 0.15) is 23.7 Å². The number of rotatable bonds is 8. The quantitative estimate of drug-likeness (QED) is 0.731. The Labute approximate surface area is 120 Å². The van der Waals surface area contributed by atoms with E-state index in [2.05, 4.69) is 5.32 Å². The molecule has 1 aromatic rings. The first-order chi connectivity index (χ1) is 9.78. The summed E-state index contributed by atoms with van der Waals surface area (Å²) in [6.07, 6.45) is 1.09. The van der Waals surface area contributed by atoms with E-state index in [0.29, 0.717) is 19.3 Å². The summed E-state index contributed by atoms with van der Waals surface area (Å²) in [4.78, 5) is 0. The van der Waals surface area contributed by atoms with Crippen LogP contribution in [0.3, 0.4) is 0 Å². The minimum absolute atomic E-state index is 0.0669. The lowest BCUT2D eigenvalue weighted by molar-refractivity contribution is -0.114. The molecule has 5 nitrogen and oxygen atoms in total. The van der Waals surface area contributed by atoms with Crippen LogP contribution < -0.4 is 14.8 Å². The fraction of sp³-hybridized carbons (Fsp3) is 0.600. The van der Waals surface area contributed by atoms with Crippen molar-refractivity contribution in [2.75, 3.05) is 34.5 Å². The second-order valence-corrected chi connectivity index (χ2v) is 4.79. The Morgan fingerprint density at radius 1 is 1.10 bits per heavy atom. The minimum Gasteiger partial charge on any atom is -0.497 e. The van der Waals surface area contributed by atoms with Crippen molar-refractivity contribution >= 4 is 0 Å². The summed E-state index contributed by atoms with van der Waals surface area (Å²) in [6, 6.07) is 7.96. The van der Waals surface area contributed by atoms with Crippen LogP contribution in [0.1, 0.15) is 6.42 Å². The van der Waals surface area contributed by atoms with Gasteiger partial charge >= 0.3 is 0 Å². The molecule has 1 fully saturated rings. The molecule has 0 aliphatic heterocycles. The molecule has 0 bridgehead atoms. The van der Waals surface area contributed by atoms with Gasteiger partial charge in [-0.25, -0.2) is 0 Å². The Morgan fingerprint density at radius 2 is 1.80 bits per heavy atom. The molecule has 0 saturated heterocycles. The van der Waals surface area contributed by atoms with Crippen molar-refractivity contribution in [1.29, 1.82) is 0 Å². The number of benzene rings is 1. The maximum Gasteiger partial charge on any atom is 0.128 e. The summed E-state index contributed by atoms with van der Waals surface area (Å²) in [5.74, 6) is 1.66. The molecule has 0 amide bonds. The molecular formula is C15H23NO4. The van der Waals surface area contributed by atoms with Crippen LogP contribution in [0.2, 0.25) is 0 Å². The van der Waals surface area contributed by atoms with Crippen LogP contribution in [0.4, 0.5) is 0 Å². The van der Waals surface area contributed by atoms with Gasteiger partial charge in [0.05, 0.1) is 20.3 Å². The molecule has 2 rings (SSSR count). The van der Waals surface area contributed by atoms with E-state index in [1.165, 1.54) is 0 Å². The van der Waals surface area contributed by atoms with E-state index in [1.807, 2.05) is 31.3 Å². The molecule has 0 radical (unpaired) electrons. The van der Waals surface area contributed by atoms with Crippen LogP contribution in [0.5, 0.6) is 11.5 Å². The number of hydrogen-bond acceptors (Lipinski definition) is 5. The first kappa shape index (κ1) is 15.1. The van der Waals surface area contributed by atoms with Crippen LogP contribution in [0.25, 0.3) is 0 Å². The first-order valence-electron chi connectivity index (χ1n) is 6.87. The lowest BCUT2D eigenvalue weighted by Crippen LogP contribution is -2.60. The largest absolute Gasteiger partial charge is 0.497 e. The average molecular weight is 281 g/mol. The van der Waals surface area contributed by atoms with Gasteiger partial charge in [0.25, 0.3) is 0 Å². The van der Waals surface area contributed by atoms with Gasteiger partial charge in [-0.2, -0.15) is 0 Å². The number of nitrogens with one attached hydrogen (secondary N) is 1. The maximum absolute atomic E-state index is 5.96. The molecule has 1 aliphatic carbocycles. The number of likely N-dealkylation sites (N-methyl/N-ethyl adjacent to an activating group) is 1. The van der Waals surface area contributed by atoms with E-state index in [4.69, 9.17) is 18.9 Å². The van der Waals surface area contributed by atoms with Gasteiger partial charge in [-0.1, -0.05) is 0 Å². The molecule has 1 saturated carbocycles. The van der Waals surface area contributed by atoms with Crippen molar-refractivity contribution < 1.29 is 18.9 Å². The minimum atomic E-state index is 0.0669. The molecule has 20 heavy (non-hydrogen) atoms. The van der Waals surface area contributed by atoms with E-state index < -0.39 is 0 Å². The van der Waals surface area contributed by atoms with Crippen LogP contribution in [-0.4, -0.2) is 52.7 Å². The predicted octanol–water partition coefficient (Wildman–Crippen LogP) is 1.47. The normalized spacial score (nSPS) is 25.1. The SMILES string of the molecule is CNC1CC(Oc2ccc(OC)cc2)C1OCCOC. The van der Waals surface area contributed by atoms with Crippen LogP contribution in [0, 0.1) is 0 Å². The summed E-state index contributed by atoms with van der Waals surface area (Å²) in [5, 5.41) is 3.25. The van der Waals surface area contributed by atoms with Gasteiger partial charge in [0.2, 0.25) is 0 Å². The highest BCUT2D eigenvalue weighted by Crippen LogP contribution is 2.29. The van der Waals surface area contributed by atoms with E-state index in [9.17, 15) is 0 Å². The Bertz CT molecular complexity index is 395. The monoisotopic (exact) mass is 281 g/mol. The van der Waals surface area contributed by atoms with Gasteiger partial charge < -0.3 is 24.3 Å². The van der Waals surface area contributed by atoms with Crippen molar-refractivity contribution in [3.05, 3.63) is 24.3 Å². The highest BCUT2D eigenvalue weighted by atomic mass is 16.6. The van der Waals surface area contributed by atoms with Crippen molar-refractivity contribution in [3.8, 4) is 11.5 Å². The van der Waals surface area contributed by atoms with Crippen molar-refractivity contribution in [2.45, 2.75) is 24.7 Å². The first-order valence-corrected chi connectivity index (χ1v) is 6.87. The van der Waals surface area contributed by atoms with Crippen LogP contribution in [-0.2, 0) is 9.47 Å². The van der Waals surface area contributed by atoms with E-state index in [1.54, 1.807) is 14.2 Å². The van der Waals surface area contributed by atoms with Gasteiger partial charge in [-0.15, -0.1) is 0 Å². The summed E-state index contributed by atoms with van der Waals surface area (Å²) < 4.78 is 21.9. The second-order valence-electron chi connectivity index (χ2n) is 4.79. The molecule has 1 aliphatic rings. The number of methoxy groups -OCH3 is 2. The fourth-order valence-electron chi connectivity index (χ4n) is 2.30. The molecule has 3 atom stereocenters. The lowest BCUT2D eigenvalue weighted by atomic mass is 9.85. The third-order valence-electron chi connectivity index (χ3n) is 3.56. The smallest absolute Gasteiger partial charge is 0.128 e. The Hall–Kier alpha value is -1.30. The fourth-order valence-corrected chi connectivity index (χ4v) is 2.30. The van der Waals surface area contributed by atoms with Crippen LogP contribution >= 0.6 is 0 Å². The predicted molar refractivity (Wildman–Crippen MR) is 76.5 cm³/mol.